The lowest BCUT2D eigenvalue weighted by molar-refractivity contribution is 0.0984. The molecule has 0 radical (unpaired) electrons. The van der Waals surface area contributed by atoms with Gasteiger partial charge in [-0.15, -0.1) is 0 Å². The molecular formula is C9H19NO. The molecule has 2 heteroatoms. The molecular weight excluding hydrogens is 138 g/mol. The molecule has 1 fully saturated rings. The number of β-amino-alcohol motifs (C(OH)–C–C–N with tert-alkyl or cyclic N) is 1. The van der Waals surface area contributed by atoms with Crippen LogP contribution in [0.4, 0.5) is 0 Å². The van der Waals surface area contributed by atoms with Crippen molar-refractivity contribution in [1.29, 1.82) is 0 Å². The van der Waals surface area contributed by atoms with Crippen LogP contribution in [0, 0.1) is 5.92 Å². The monoisotopic (exact) mass is 157 g/mol. The summed E-state index contributed by atoms with van der Waals surface area (Å²) in [6.07, 6.45) is 2.49. The van der Waals surface area contributed by atoms with E-state index in [4.69, 9.17) is 5.11 Å². The van der Waals surface area contributed by atoms with Gasteiger partial charge in [0.05, 0.1) is 6.10 Å². The molecule has 1 rings (SSSR count). The molecule has 0 saturated carbocycles. The first-order valence-electron chi connectivity index (χ1n) is 4.59. The van der Waals surface area contributed by atoms with Crippen LogP contribution in [-0.2, 0) is 0 Å². The molecule has 0 amide bonds. The van der Waals surface area contributed by atoms with Crippen molar-refractivity contribution in [1.82, 2.24) is 4.90 Å². The van der Waals surface area contributed by atoms with Crippen molar-refractivity contribution in [2.45, 2.75) is 32.8 Å². The molecule has 0 bridgehead atoms. The average molecular weight is 157 g/mol. The van der Waals surface area contributed by atoms with E-state index in [-0.39, 0.29) is 6.10 Å². The van der Waals surface area contributed by atoms with E-state index in [0.717, 1.165) is 12.5 Å². The standard InChI is InChI=1S/C9H19NO/c1-8-4-3-5-10(6-8)7-9(2)11/h8-9,11H,3-7H2,1-2H3/t8-,9-/m1/s1. The van der Waals surface area contributed by atoms with Crippen molar-refractivity contribution in [3.8, 4) is 0 Å². The minimum Gasteiger partial charge on any atom is -0.392 e. The van der Waals surface area contributed by atoms with Crippen molar-refractivity contribution in [2.75, 3.05) is 19.6 Å². The molecule has 0 unspecified atom stereocenters. The van der Waals surface area contributed by atoms with Gasteiger partial charge in [-0.3, -0.25) is 0 Å². The first-order chi connectivity index (χ1) is 5.18. The number of aliphatic hydroxyl groups is 1. The highest BCUT2D eigenvalue weighted by Gasteiger charge is 2.16. The summed E-state index contributed by atoms with van der Waals surface area (Å²) in [5.74, 6) is 0.822. The Labute approximate surface area is 69.2 Å². The summed E-state index contributed by atoms with van der Waals surface area (Å²) < 4.78 is 0. The molecule has 0 aromatic heterocycles. The average Bonchev–Trinajstić information content (AvgIpc) is 1.85. The van der Waals surface area contributed by atoms with Crippen molar-refractivity contribution in [2.24, 2.45) is 5.92 Å². The Morgan fingerprint density at radius 2 is 2.36 bits per heavy atom. The van der Waals surface area contributed by atoms with Crippen LogP contribution in [0.3, 0.4) is 0 Å². The van der Waals surface area contributed by atoms with Crippen LogP contribution in [0.25, 0.3) is 0 Å². The second-order valence-corrected chi connectivity index (χ2v) is 3.86. The van der Waals surface area contributed by atoms with Crippen LogP contribution >= 0.6 is 0 Å². The highest BCUT2D eigenvalue weighted by atomic mass is 16.3. The fraction of sp³-hybridized carbons (Fsp3) is 1.00. The molecule has 1 saturated heterocycles. The second-order valence-electron chi connectivity index (χ2n) is 3.86. The van der Waals surface area contributed by atoms with Crippen molar-refractivity contribution >= 4 is 0 Å². The quantitative estimate of drug-likeness (QED) is 0.649. The van der Waals surface area contributed by atoms with E-state index in [1.54, 1.807) is 0 Å². The van der Waals surface area contributed by atoms with Gasteiger partial charge in [0.1, 0.15) is 0 Å². The summed E-state index contributed by atoms with van der Waals surface area (Å²) in [6.45, 7) is 7.35. The zero-order valence-electron chi connectivity index (χ0n) is 7.58. The molecule has 11 heavy (non-hydrogen) atoms. The summed E-state index contributed by atoms with van der Waals surface area (Å²) in [6, 6.07) is 0. The normalized spacial score (nSPS) is 30.3. The Morgan fingerprint density at radius 3 is 2.91 bits per heavy atom. The molecule has 2 atom stereocenters. The first-order valence-corrected chi connectivity index (χ1v) is 4.59. The Kier molecular flexibility index (Phi) is 3.34. The Balaban J connectivity index is 2.23. The van der Waals surface area contributed by atoms with Gasteiger partial charge in [0, 0.05) is 13.1 Å². The maximum absolute atomic E-state index is 9.15. The maximum atomic E-state index is 9.15. The van der Waals surface area contributed by atoms with Gasteiger partial charge in [-0.2, -0.15) is 0 Å². The molecule has 1 heterocycles. The molecule has 2 nitrogen and oxygen atoms in total. The third-order valence-corrected chi connectivity index (χ3v) is 2.26. The lowest BCUT2D eigenvalue weighted by Gasteiger charge is -2.31. The van der Waals surface area contributed by atoms with Gasteiger partial charge in [0.2, 0.25) is 0 Å². The predicted octanol–water partition coefficient (Wildman–Crippen LogP) is 1.10. The van der Waals surface area contributed by atoms with Crippen LogP contribution in [0.1, 0.15) is 26.7 Å². The number of piperidine rings is 1. The summed E-state index contributed by atoms with van der Waals surface area (Å²) in [7, 11) is 0. The SMILES string of the molecule is C[C@@H]1CCCN(C[C@@H](C)O)C1. The summed E-state index contributed by atoms with van der Waals surface area (Å²) in [5.41, 5.74) is 0. The predicted molar refractivity (Wildman–Crippen MR) is 46.5 cm³/mol. The minimum atomic E-state index is -0.166. The number of likely N-dealkylation sites (tertiary alicyclic amines) is 1. The van der Waals surface area contributed by atoms with Crippen LogP contribution in [0.15, 0.2) is 0 Å². The van der Waals surface area contributed by atoms with Crippen molar-refractivity contribution in [3.05, 3.63) is 0 Å². The van der Waals surface area contributed by atoms with E-state index in [9.17, 15) is 0 Å². The lowest BCUT2D eigenvalue weighted by atomic mass is 10.0. The van der Waals surface area contributed by atoms with Crippen LogP contribution < -0.4 is 0 Å². The first kappa shape index (κ1) is 9.01. The lowest BCUT2D eigenvalue weighted by Crippen LogP contribution is -2.38. The molecule has 1 aliphatic heterocycles. The molecule has 0 aromatic rings. The number of hydrogen-bond acceptors (Lipinski definition) is 2. The minimum absolute atomic E-state index is 0.166. The number of hydrogen-bond donors (Lipinski definition) is 1. The van der Waals surface area contributed by atoms with Crippen LogP contribution in [0.2, 0.25) is 0 Å². The van der Waals surface area contributed by atoms with Gasteiger partial charge < -0.3 is 10.0 Å². The van der Waals surface area contributed by atoms with E-state index >= 15 is 0 Å². The number of rotatable bonds is 2. The van der Waals surface area contributed by atoms with Gasteiger partial charge in [0.25, 0.3) is 0 Å². The van der Waals surface area contributed by atoms with Crippen molar-refractivity contribution < 1.29 is 5.11 Å². The fourth-order valence-corrected chi connectivity index (χ4v) is 1.83. The van der Waals surface area contributed by atoms with Gasteiger partial charge in [0.15, 0.2) is 0 Å². The topological polar surface area (TPSA) is 23.5 Å². The zero-order valence-corrected chi connectivity index (χ0v) is 7.58. The van der Waals surface area contributed by atoms with E-state index in [1.807, 2.05) is 6.92 Å². The van der Waals surface area contributed by atoms with Crippen LogP contribution in [0.5, 0.6) is 0 Å². The molecule has 1 aliphatic rings. The van der Waals surface area contributed by atoms with E-state index in [0.29, 0.717) is 0 Å². The van der Waals surface area contributed by atoms with Gasteiger partial charge in [-0.25, -0.2) is 0 Å². The number of aliphatic hydroxyl groups excluding tert-OH is 1. The largest absolute Gasteiger partial charge is 0.392 e. The maximum Gasteiger partial charge on any atom is 0.0639 e. The van der Waals surface area contributed by atoms with E-state index in [1.165, 1.54) is 25.9 Å². The van der Waals surface area contributed by atoms with Crippen LogP contribution in [-0.4, -0.2) is 35.7 Å². The Morgan fingerprint density at radius 1 is 1.64 bits per heavy atom. The summed E-state index contributed by atoms with van der Waals surface area (Å²) >= 11 is 0. The second kappa shape index (κ2) is 4.07. The Hall–Kier alpha value is -0.0800. The highest BCUT2D eigenvalue weighted by molar-refractivity contribution is 4.70. The summed E-state index contributed by atoms with van der Waals surface area (Å²) in [4.78, 5) is 2.36. The molecule has 66 valence electrons. The highest BCUT2D eigenvalue weighted by Crippen LogP contribution is 2.15. The molecule has 0 spiro atoms. The third-order valence-electron chi connectivity index (χ3n) is 2.26. The molecule has 0 aromatic carbocycles. The zero-order chi connectivity index (χ0) is 8.27. The van der Waals surface area contributed by atoms with Gasteiger partial charge >= 0.3 is 0 Å². The van der Waals surface area contributed by atoms with Gasteiger partial charge in [-0.05, 0) is 32.2 Å². The third kappa shape index (κ3) is 3.21. The summed E-state index contributed by atoms with van der Waals surface area (Å²) in [5, 5.41) is 9.15. The smallest absolute Gasteiger partial charge is 0.0639 e. The van der Waals surface area contributed by atoms with E-state index < -0.39 is 0 Å². The number of nitrogens with zero attached hydrogens (tertiary/aromatic N) is 1. The molecule has 1 N–H and O–H groups in total. The molecule has 0 aliphatic carbocycles. The van der Waals surface area contributed by atoms with Crippen molar-refractivity contribution in [3.63, 3.8) is 0 Å². The fourth-order valence-electron chi connectivity index (χ4n) is 1.83. The Bertz CT molecular complexity index is 112. The van der Waals surface area contributed by atoms with Gasteiger partial charge in [-0.1, -0.05) is 6.92 Å². The van der Waals surface area contributed by atoms with E-state index in [2.05, 4.69) is 11.8 Å².